The minimum absolute atomic E-state index is 0.556. The summed E-state index contributed by atoms with van der Waals surface area (Å²) in [5.41, 5.74) is 5.80. The number of aryl methyl sites for hydroxylation is 1. The zero-order valence-corrected chi connectivity index (χ0v) is 13.4. The molecule has 1 heterocycles. The van der Waals surface area contributed by atoms with Crippen molar-refractivity contribution in [3.05, 3.63) is 69.7 Å². The summed E-state index contributed by atoms with van der Waals surface area (Å²) in [7, 11) is 0. The van der Waals surface area contributed by atoms with E-state index in [0.29, 0.717) is 15.9 Å². The Balaban J connectivity index is 1.83. The lowest BCUT2D eigenvalue weighted by molar-refractivity contribution is 1.25. The van der Waals surface area contributed by atoms with E-state index in [1.54, 1.807) is 18.3 Å². The highest BCUT2D eigenvalue weighted by Gasteiger charge is 2.01. The minimum Gasteiger partial charge on any atom is -0.261 e. The van der Waals surface area contributed by atoms with E-state index in [2.05, 4.69) is 28.5 Å². The number of para-hydroxylation sites is 1. The molecule has 0 amide bonds. The summed E-state index contributed by atoms with van der Waals surface area (Å²) < 4.78 is 0. The fourth-order valence-electron chi connectivity index (χ4n) is 2.18. The summed E-state index contributed by atoms with van der Waals surface area (Å²) >= 11 is 12.0. The topological polar surface area (TPSA) is 37.3 Å². The van der Waals surface area contributed by atoms with Gasteiger partial charge in [0.05, 0.1) is 16.8 Å². The summed E-state index contributed by atoms with van der Waals surface area (Å²) in [5, 5.41) is 6.48. The Bertz CT molecular complexity index is 860. The quantitative estimate of drug-likeness (QED) is 0.523. The molecule has 0 radical (unpaired) electrons. The van der Waals surface area contributed by atoms with Gasteiger partial charge in [0.2, 0.25) is 0 Å². The fraction of sp³-hybridized carbons (Fsp3) is 0.0588. The van der Waals surface area contributed by atoms with E-state index >= 15 is 0 Å². The van der Waals surface area contributed by atoms with Crippen molar-refractivity contribution in [3.63, 3.8) is 0 Å². The third kappa shape index (κ3) is 3.21. The monoisotopic (exact) mass is 329 g/mol. The number of benzene rings is 2. The van der Waals surface area contributed by atoms with E-state index in [9.17, 15) is 0 Å². The smallest absolute Gasteiger partial charge is 0.147 e. The van der Waals surface area contributed by atoms with Crippen molar-refractivity contribution in [1.29, 1.82) is 0 Å². The van der Waals surface area contributed by atoms with Crippen LogP contribution in [0.4, 0.5) is 5.82 Å². The number of aromatic nitrogens is 1. The van der Waals surface area contributed by atoms with Crippen molar-refractivity contribution < 1.29 is 0 Å². The molecule has 0 spiro atoms. The van der Waals surface area contributed by atoms with Gasteiger partial charge in [0.1, 0.15) is 5.82 Å². The number of nitrogens with one attached hydrogen (secondary N) is 1. The Hall–Kier alpha value is -2.10. The van der Waals surface area contributed by atoms with Crippen LogP contribution in [-0.2, 0) is 0 Å². The summed E-state index contributed by atoms with van der Waals surface area (Å²) in [6.45, 7) is 2.05. The summed E-state index contributed by atoms with van der Waals surface area (Å²) in [6, 6.07) is 15.2. The number of hydrogen-bond acceptors (Lipinski definition) is 3. The number of anilines is 1. The van der Waals surface area contributed by atoms with E-state index in [1.807, 2.05) is 30.3 Å². The number of fused-ring (bicyclic) bond motifs is 1. The highest BCUT2D eigenvalue weighted by molar-refractivity contribution is 6.36. The van der Waals surface area contributed by atoms with Crippen LogP contribution in [-0.4, -0.2) is 11.2 Å². The van der Waals surface area contributed by atoms with Gasteiger partial charge >= 0.3 is 0 Å². The number of hydrogen-bond donors (Lipinski definition) is 1. The SMILES string of the molecule is Cc1cc(N/N=C/c2ccc(Cl)cc2Cl)nc2ccccc12. The average Bonchev–Trinajstić information content (AvgIpc) is 2.50. The van der Waals surface area contributed by atoms with Crippen LogP contribution >= 0.6 is 23.2 Å². The number of halogens is 2. The molecular formula is C17H13Cl2N3. The Labute approximate surface area is 138 Å². The molecule has 0 saturated carbocycles. The molecule has 0 unspecified atom stereocenters. The molecular weight excluding hydrogens is 317 g/mol. The van der Waals surface area contributed by atoms with Crippen molar-refractivity contribution in [2.75, 3.05) is 5.43 Å². The van der Waals surface area contributed by atoms with Crippen LogP contribution in [0.3, 0.4) is 0 Å². The molecule has 1 N–H and O–H groups in total. The lowest BCUT2D eigenvalue weighted by atomic mass is 10.1. The molecule has 0 aliphatic rings. The van der Waals surface area contributed by atoms with Crippen molar-refractivity contribution in [1.82, 2.24) is 4.98 Å². The summed E-state index contributed by atoms with van der Waals surface area (Å²) in [6.07, 6.45) is 1.64. The molecule has 22 heavy (non-hydrogen) atoms. The largest absolute Gasteiger partial charge is 0.261 e. The number of nitrogens with zero attached hydrogens (tertiary/aromatic N) is 2. The second-order valence-corrected chi connectivity index (χ2v) is 5.72. The lowest BCUT2D eigenvalue weighted by Gasteiger charge is -2.05. The maximum Gasteiger partial charge on any atom is 0.147 e. The zero-order valence-electron chi connectivity index (χ0n) is 11.8. The first kappa shape index (κ1) is 14.8. The minimum atomic E-state index is 0.556. The Kier molecular flexibility index (Phi) is 4.27. The molecule has 3 aromatic rings. The predicted octanol–water partition coefficient (Wildman–Crippen LogP) is 5.30. The Morgan fingerprint density at radius 2 is 1.91 bits per heavy atom. The van der Waals surface area contributed by atoms with Gasteiger partial charge in [-0.2, -0.15) is 5.10 Å². The first-order chi connectivity index (χ1) is 10.6. The maximum absolute atomic E-state index is 6.10. The molecule has 0 bridgehead atoms. The van der Waals surface area contributed by atoms with Crippen LogP contribution in [0.2, 0.25) is 10.0 Å². The van der Waals surface area contributed by atoms with Crippen molar-refractivity contribution in [3.8, 4) is 0 Å². The van der Waals surface area contributed by atoms with Crippen LogP contribution in [0.15, 0.2) is 53.6 Å². The van der Waals surface area contributed by atoms with Crippen molar-refractivity contribution in [2.24, 2.45) is 5.10 Å². The van der Waals surface area contributed by atoms with Crippen LogP contribution in [0.1, 0.15) is 11.1 Å². The van der Waals surface area contributed by atoms with E-state index in [-0.39, 0.29) is 0 Å². The van der Waals surface area contributed by atoms with E-state index in [1.165, 1.54) is 0 Å². The first-order valence-corrected chi connectivity index (χ1v) is 7.49. The molecule has 0 fully saturated rings. The Morgan fingerprint density at radius 1 is 1.09 bits per heavy atom. The highest BCUT2D eigenvalue weighted by Crippen LogP contribution is 2.21. The lowest BCUT2D eigenvalue weighted by Crippen LogP contribution is -1.95. The van der Waals surface area contributed by atoms with Crippen molar-refractivity contribution in [2.45, 2.75) is 6.92 Å². The summed E-state index contributed by atoms with van der Waals surface area (Å²) in [5.74, 6) is 0.692. The molecule has 2 aromatic carbocycles. The standard InChI is InChI=1S/C17H13Cl2N3/c1-11-8-17(21-16-5-3-2-4-14(11)16)22-20-10-12-6-7-13(18)9-15(12)19/h2-10H,1H3,(H,21,22)/b20-10+. The third-order valence-corrected chi connectivity index (χ3v) is 3.83. The maximum atomic E-state index is 6.10. The Morgan fingerprint density at radius 3 is 2.73 bits per heavy atom. The van der Waals surface area contributed by atoms with Crippen LogP contribution < -0.4 is 5.43 Å². The first-order valence-electron chi connectivity index (χ1n) is 6.74. The zero-order chi connectivity index (χ0) is 15.5. The van der Waals surface area contributed by atoms with Crippen LogP contribution in [0.5, 0.6) is 0 Å². The van der Waals surface area contributed by atoms with Gasteiger partial charge in [0.15, 0.2) is 0 Å². The number of pyridine rings is 1. The van der Waals surface area contributed by atoms with Crippen LogP contribution in [0.25, 0.3) is 10.9 Å². The van der Waals surface area contributed by atoms with E-state index in [4.69, 9.17) is 23.2 Å². The third-order valence-electron chi connectivity index (χ3n) is 3.27. The van der Waals surface area contributed by atoms with Gasteiger partial charge in [0, 0.05) is 16.0 Å². The van der Waals surface area contributed by atoms with Gasteiger partial charge in [-0.25, -0.2) is 4.98 Å². The normalized spacial score (nSPS) is 11.2. The van der Waals surface area contributed by atoms with Crippen molar-refractivity contribution >= 4 is 46.1 Å². The second kappa shape index (κ2) is 6.34. The second-order valence-electron chi connectivity index (χ2n) is 4.88. The number of rotatable bonds is 3. The van der Waals surface area contributed by atoms with E-state index < -0.39 is 0 Å². The molecule has 0 aliphatic carbocycles. The van der Waals surface area contributed by atoms with Crippen LogP contribution in [0, 0.1) is 6.92 Å². The highest BCUT2D eigenvalue weighted by atomic mass is 35.5. The van der Waals surface area contributed by atoms with Gasteiger partial charge in [-0.15, -0.1) is 0 Å². The molecule has 0 atom stereocenters. The molecule has 5 heteroatoms. The van der Waals surface area contributed by atoms with Gasteiger partial charge in [-0.3, -0.25) is 5.43 Å². The van der Waals surface area contributed by atoms with Gasteiger partial charge in [0.25, 0.3) is 0 Å². The molecule has 3 nitrogen and oxygen atoms in total. The molecule has 110 valence electrons. The molecule has 0 saturated heterocycles. The van der Waals surface area contributed by atoms with Gasteiger partial charge < -0.3 is 0 Å². The van der Waals surface area contributed by atoms with Gasteiger partial charge in [-0.1, -0.05) is 47.5 Å². The molecule has 0 aliphatic heterocycles. The average molecular weight is 330 g/mol. The number of hydrazone groups is 1. The predicted molar refractivity (Wildman–Crippen MR) is 94.2 cm³/mol. The van der Waals surface area contributed by atoms with E-state index in [0.717, 1.165) is 22.0 Å². The van der Waals surface area contributed by atoms with Gasteiger partial charge in [-0.05, 0) is 36.8 Å². The molecule has 3 rings (SSSR count). The fourth-order valence-corrected chi connectivity index (χ4v) is 2.64. The summed E-state index contributed by atoms with van der Waals surface area (Å²) in [4.78, 5) is 4.52. The molecule has 1 aromatic heterocycles.